The molecule has 1 unspecified atom stereocenters. The van der Waals surface area contributed by atoms with E-state index in [9.17, 15) is 9.18 Å². The SMILES string of the molecule is C#CC(C)NC(=O)c1c(F)cccc1Cl. The van der Waals surface area contributed by atoms with E-state index in [1.54, 1.807) is 6.92 Å². The van der Waals surface area contributed by atoms with Gasteiger partial charge in [-0.05, 0) is 19.1 Å². The predicted molar refractivity (Wildman–Crippen MR) is 57.2 cm³/mol. The van der Waals surface area contributed by atoms with Crippen molar-refractivity contribution in [2.75, 3.05) is 0 Å². The van der Waals surface area contributed by atoms with E-state index < -0.39 is 17.8 Å². The second kappa shape index (κ2) is 4.81. The second-order valence-electron chi connectivity index (χ2n) is 2.96. The second-order valence-corrected chi connectivity index (χ2v) is 3.37. The van der Waals surface area contributed by atoms with Gasteiger partial charge in [-0.1, -0.05) is 23.6 Å². The van der Waals surface area contributed by atoms with Crippen molar-refractivity contribution in [2.24, 2.45) is 0 Å². The van der Waals surface area contributed by atoms with E-state index >= 15 is 0 Å². The molecule has 0 saturated carbocycles. The van der Waals surface area contributed by atoms with Gasteiger partial charge in [-0.2, -0.15) is 0 Å². The molecule has 0 bridgehead atoms. The molecule has 0 aliphatic carbocycles. The molecule has 1 rings (SSSR count). The van der Waals surface area contributed by atoms with Gasteiger partial charge in [-0.3, -0.25) is 4.79 Å². The summed E-state index contributed by atoms with van der Waals surface area (Å²) >= 11 is 5.70. The standard InChI is InChI=1S/C11H9ClFNO/c1-3-7(2)14-11(15)10-8(12)5-4-6-9(10)13/h1,4-7H,2H3,(H,14,15). The van der Waals surface area contributed by atoms with Crippen LogP contribution in [0, 0.1) is 18.2 Å². The van der Waals surface area contributed by atoms with Crippen molar-refractivity contribution in [3.8, 4) is 12.3 Å². The number of carbonyl (C=O) groups is 1. The molecular formula is C11H9ClFNO. The van der Waals surface area contributed by atoms with Crippen molar-refractivity contribution >= 4 is 17.5 Å². The zero-order valence-electron chi connectivity index (χ0n) is 8.05. The van der Waals surface area contributed by atoms with Crippen LogP contribution >= 0.6 is 11.6 Å². The summed E-state index contributed by atoms with van der Waals surface area (Å²) in [6.45, 7) is 1.62. The van der Waals surface area contributed by atoms with Gasteiger partial charge in [-0.25, -0.2) is 4.39 Å². The van der Waals surface area contributed by atoms with Crippen molar-refractivity contribution in [1.82, 2.24) is 5.32 Å². The van der Waals surface area contributed by atoms with Gasteiger partial charge in [0.25, 0.3) is 5.91 Å². The Labute approximate surface area is 92.4 Å². The fourth-order valence-corrected chi connectivity index (χ4v) is 1.27. The van der Waals surface area contributed by atoms with Gasteiger partial charge in [0.1, 0.15) is 5.82 Å². The third kappa shape index (κ3) is 2.71. The van der Waals surface area contributed by atoms with Crippen LogP contribution in [0.4, 0.5) is 4.39 Å². The minimum absolute atomic E-state index is 0.0664. The van der Waals surface area contributed by atoms with E-state index in [0.717, 1.165) is 0 Å². The third-order valence-corrected chi connectivity index (χ3v) is 2.10. The summed E-state index contributed by atoms with van der Waals surface area (Å²) < 4.78 is 13.3. The predicted octanol–water partition coefficient (Wildman–Crippen LogP) is 2.23. The lowest BCUT2D eigenvalue weighted by atomic mass is 10.2. The van der Waals surface area contributed by atoms with Crippen LogP contribution in [0.3, 0.4) is 0 Å². The molecule has 0 fully saturated rings. The molecule has 0 saturated heterocycles. The number of hydrogen-bond acceptors (Lipinski definition) is 1. The van der Waals surface area contributed by atoms with Crippen LogP contribution in [0.5, 0.6) is 0 Å². The molecule has 78 valence electrons. The van der Waals surface area contributed by atoms with E-state index in [4.69, 9.17) is 18.0 Å². The molecule has 4 heteroatoms. The van der Waals surface area contributed by atoms with Gasteiger partial charge in [-0.15, -0.1) is 6.42 Å². The van der Waals surface area contributed by atoms with E-state index in [0.29, 0.717) is 0 Å². The van der Waals surface area contributed by atoms with E-state index in [2.05, 4.69) is 11.2 Å². The largest absolute Gasteiger partial charge is 0.339 e. The molecule has 0 aliphatic rings. The summed E-state index contributed by atoms with van der Waals surface area (Å²) in [7, 11) is 0. The Morgan fingerprint density at radius 2 is 2.33 bits per heavy atom. The molecule has 15 heavy (non-hydrogen) atoms. The fourth-order valence-electron chi connectivity index (χ4n) is 1.03. The lowest BCUT2D eigenvalue weighted by Crippen LogP contribution is -2.32. The third-order valence-electron chi connectivity index (χ3n) is 1.79. The maximum Gasteiger partial charge on any atom is 0.256 e. The molecule has 1 N–H and O–H groups in total. The van der Waals surface area contributed by atoms with Crippen molar-refractivity contribution in [3.05, 3.63) is 34.6 Å². The molecule has 0 aromatic heterocycles. The topological polar surface area (TPSA) is 29.1 Å². The van der Waals surface area contributed by atoms with Crippen LogP contribution in [0.2, 0.25) is 5.02 Å². The van der Waals surface area contributed by atoms with Crippen molar-refractivity contribution in [2.45, 2.75) is 13.0 Å². The number of amides is 1. The maximum atomic E-state index is 13.3. The van der Waals surface area contributed by atoms with Crippen molar-refractivity contribution in [3.63, 3.8) is 0 Å². The molecule has 0 aliphatic heterocycles. The van der Waals surface area contributed by atoms with Crippen LogP contribution in [-0.4, -0.2) is 11.9 Å². The average Bonchev–Trinajstić information content (AvgIpc) is 2.17. The van der Waals surface area contributed by atoms with Crippen LogP contribution in [0.15, 0.2) is 18.2 Å². The lowest BCUT2D eigenvalue weighted by molar-refractivity contribution is 0.0944. The Balaban J connectivity index is 2.97. The summed E-state index contributed by atoms with van der Waals surface area (Å²) in [4.78, 5) is 11.5. The molecule has 1 amide bonds. The molecular weight excluding hydrogens is 217 g/mol. The Bertz CT molecular complexity index is 405. The zero-order chi connectivity index (χ0) is 11.4. The summed E-state index contributed by atoms with van der Waals surface area (Å²) in [6.07, 6.45) is 5.08. The minimum atomic E-state index is -0.663. The lowest BCUT2D eigenvalue weighted by Gasteiger charge is -2.09. The Morgan fingerprint density at radius 3 is 2.87 bits per heavy atom. The van der Waals surface area contributed by atoms with Crippen molar-refractivity contribution < 1.29 is 9.18 Å². The molecule has 1 aromatic carbocycles. The quantitative estimate of drug-likeness (QED) is 0.769. The zero-order valence-corrected chi connectivity index (χ0v) is 8.81. The van der Waals surface area contributed by atoms with Gasteiger partial charge in [0.05, 0.1) is 16.6 Å². The summed E-state index contributed by atoms with van der Waals surface area (Å²) in [5, 5.41) is 2.49. The highest BCUT2D eigenvalue weighted by atomic mass is 35.5. The number of carbonyl (C=O) groups excluding carboxylic acids is 1. The molecule has 0 spiro atoms. The van der Waals surface area contributed by atoms with Crippen LogP contribution in [0.1, 0.15) is 17.3 Å². The molecule has 2 nitrogen and oxygen atoms in total. The van der Waals surface area contributed by atoms with Gasteiger partial charge in [0.2, 0.25) is 0 Å². The fraction of sp³-hybridized carbons (Fsp3) is 0.182. The highest BCUT2D eigenvalue weighted by Crippen LogP contribution is 2.18. The number of nitrogens with one attached hydrogen (secondary N) is 1. The molecule has 0 radical (unpaired) electrons. The summed E-state index contributed by atoms with van der Waals surface area (Å²) in [5.41, 5.74) is -0.179. The van der Waals surface area contributed by atoms with Crippen molar-refractivity contribution in [1.29, 1.82) is 0 Å². The normalized spacial score (nSPS) is 11.6. The van der Waals surface area contributed by atoms with Gasteiger partial charge < -0.3 is 5.32 Å². The van der Waals surface area contributed by atoms with E-state index in [-0.39, 0.29) is 10.6 Å². The highest BCUT2D eigenvalue weighted by molar-refractivity contribution is 6.33. The van der Waals surface area contributed by atoms with Gasteiger partial charge in [0, 0.05) is 0 Å². The first-order valence-corrected chi connectivity index (χ1v) is 4.65. The molecule has 1 aromatic rings. The first-order valence-electron chi connectivity index (χ1n) is 4.27. The monoisotopic (exact) mass is 225 g/mol. The van der Waals surface area contributed by atoms with Gasteiger partial charge in [0.15, 0.2) is 0 Å². The first kappa shape index (κ1) is 11.5. The summed E-state index contributed by atoms with van der Waals surface area (Å²) in [6, 6.07) is 3.58. The maximum absolute atomic E-state index is 13.3. The van der Waals surface area contributed by atoms with Gasteiger partial charge >= 0.3 is 0 Å². The number of terminal acetylenes is 1. The van der Waals surface area contributed by atoms with E-state index in [1.807, 2.05) is 0 Å². The van der Waals surface area contributed by atoms with Crippen LogP contribution in [-0.2, 0) is 0 Å². The number of benzene rings is 1. The summed E-state index contributed by atoms with van der Waals surface area (Å²) in [5.74, 6) is 1.04. The number of hydrogen-bond donors (Lipinski definition) is 1. The highest BCUT2D eigenvalue weighted by Gasteiger charge is 2.16. The Hall–Kier alpha value is -1.53. The van der Waals surface area contributed by atoms with Crippen LogP contribution < -0.4 is 5.32 Å². The Morgan fingerprint density at radius 1 is 1.67 bits per heavy atom. The smallest absolute Gasteiger partial charge is 0.256 e. The van der Waals surface area contributed by atoms with E-state index in [1.165, 1.54) is 18.2 Å². The molecule has 1 atom stereocenters. The molecule has 0 heterocycles. The number of halogens is 2. The average molecular weight is 226 g/mol. The van der Waals surface area contributed by atoms with Crippen LogP contribution in [0.25, 0.3) is 0 Å². The Kier molecular flexibility index (Phi) is 3.70. The first-order chi connectivity index (χ1) is 7.06. The minimum Gasteiger partial charge on any atom is -0.339 e. The number of rotatable bonds is 2.